The molecule has 0 fully saturated rings. The number of hydrogen-bond donors (Lipinski definition) is 0. The van der Waals surface area contributed by atoms with Gasteiger partial charge >= 0.3 is 5.97 Å². The van der Waals surface area contributed by atoms with Crippen LogP contribution in [-0.4, -0.2) is 22.8 Å². The van der Waals surface area contributed by atoms with E-state index >= 15 is 0 Å². The molecule has 1 aliphatic carbocycles. The molecule has 2 aromatic carbocycles. The molecule has 0 amide bonds. The number of esters is 1. The van der Waals surface area contributed by atoms with Crippen LogP contribution in [-0.2, 0) is 17.6 Å². The fraction of sp³-hybridized carbons (Fsp3) is 0.261. The molecule has 0 aliphatic heterocycles. The van der Waals surface area contributed by atoms with Gasteiger partial charge in [0.2, 0.25) is 5.78 Å². The number of nitrogens with zero attached hydrogens (tertiary/aromatic N) is 1. The van der Waals surface area contributed by atoms with Gasteiger partial charge in [0.1, 0.15) is 9.88 Å². The summed E-state index contributed by atoms with van der Waals surface area (Å²) in [5.74, 6) is -0.673. The number of carbonyl (C=O) groups excluding carboxylic acids is 2. The van der Waals surface area contributed by atoms with Gasteiger partial charge in [0.25, 0.3) is 0 Å². The molecule has 4 rings (SSSR count). The summed E-state index contributed by atoms with van der Waals surface area (Å²) >= 11 is 1.29. The third kappa shape index (κ3) is 3.62. The van der Waals surface area contributed by atoms with Crippen LogP contribution < -0.4 is 0 Å². The Kier molecular flexibility index (Phi) is 5.09. The molecule has 1 aliphatic rings. The van der Waals surface area contributed by atoms with Crippen LogP contribution in [0.15, 0.2) is 48.5 Å². The maximum atomic E-state index is 12.7. The summed E-state index contributed by atoms with van der Waals surface area (Å²) < 4.78 is 5.48. The number of rotatable bonds is 5. The average molecular weight is 391 g/mol. The van der Waals surface area contributed by atoms with Gasteiger partial charge in [-0.15, -0.1) is 11.3 Å². The highest BCUT2D eigenvalue weighted by molar-refractivity contribution is 7.17. The first kappa shape index (κ1) is 18.6. The minimum absolute atomic E-state index is 0.173. The van der Waals surface area contributed by atoms with Crippen LogP contribution in [0.25, 0.3) is 10.6 Å². The third-order valence-electron chi connectivity index (χ3n) is 5.04. The lowest BCUT2D eigenvalue weighted by Crippen LogP contribution is -2.24. The second-order valence-corrected chi connectivity index (χ2v) is 8.05. The van der Waals surface area contributed by atoms with Crippen molar-refractivity contribution in [3.8, 4) is 10.6 Å². The zero-order valence-electron chi connectivity index (χ0n) is 15.9. The van der Waals surface area contributed by atoms with E-state index in [2.05, 4.69) is 4.98 Å². The predicted octanol–water partition coefficient (Wildman–Crippen LogP) is 5.04. The first-order chi connectivity index (χ1) is 13.5. The number of hydrogen-bond acceptors (Lipinski definition) is 5. The highest BCUT2D eigenvalue weighted by atomic mass is 32.1. The molecule has 28 heavy (non-hydrogen) atoms. The minimum Gasteiger partial charge on any atom is -0.450 e. The highest BCUT2D eigenvalue weighted by Gasteiger charge is 2.25. The van der Waals surface area contributed by atoms with Crippen molar-refractivity contribution in [3.05, 3.63) is 75.8 Å². The van der Waals surface area contributed by atoms with Crippen molar-refractivity contribution in [2.45, 2.75) is 39.2 Å². The van der Waals surface area contributed by atoms with Crippen molar-refractivity contribution < 1.29 is 14.3 Å². The zero-order chi connectivity index (χ0) is 19.7. The van der Waals surface area contributed by atoms with Gasteiger partial charge in [-0.1, -0.05) is 42.5 Å². The van der Waals surface area contributed by atoms with Gasteiger partial charge in [0.05, 0.1) is 5.69 Å². The molecule has 0 saturated carbocycles. The van der Waals surface area contributed by atoms with Gasteiger partial charge in [-0.25, -0.2) is 9.78 Å². The van der Waals surface area contributed by atoms with Gasteiger partial charge < -0.3 is 4.74 Å². The first-order valence-electron chi connectivity index (χ1n) is 9.43. The Morgan fingerprint density at radius 3 is 2.61 bits per heavy atom. The second-order valence-electron chi connectivity index (χ2n) is 7.05. The molecular weight excluding hydrogens is 370 g/mol. The van der Waals surface area contributed by atoms with E-state index in [0.717, 1.165) is 29.8 Å². The fourth-order valence-electron chi connectivity index (χ4n) is 3.52. The molecule has 0 unspecified atom stereocenters. The monoisotopic (exact) mass is 391 g/mol. The molecule has 1 heterocycles. The van der Waals surface area contributed by atoms with Crippen LogP contribution in [0.2, 0.25) is 0 Å². The van der Waals surface area contributed by atoms with E-state index in [9.17, 15) is 9.59 Å². The number of thiazole rings is 1. The Morgan fingerprint density at radius 2 is 1.82 bits per heavy atom. The number of benzene rings is 2. The lowest BCUT2D eigenvalue weighted by Gasteiger charge is -2.12. The molecule has 5 heteroatoms. The molecule has 142 valence electrons. The van der Waals surface area contributed by atoms with E-state index in [4.69, 9.17) is 4.74 Å². The number of Topliss-reactive ketones (excluding diaryl/α,β-unsaturated/α-hetero) is 1. The van der Waals surface area contributed by atoms with Gasteiger partial charge in [0, 0.05) is 11.1 Å². The summed E-state index contributed by atoms with van der Waals surface area (Å²) in [5.41, 5.74) is 4.72. The van der Waals surface area contributed by atoms with Gasteiger partial charge in [0.15, 0.2) is 6.10 Å². The summed E-state index contributed by atoms with van der Waals surface area (Å²) in [4.78, 5) is 30.3. The fourth-order valence-corrected chi connectivity index (χ4v) is 4.47. The number of ether oxygens (including phenoxy) is 1. The molecule has 4 nitrogen and oxygen atoms in total. The minimum atomic E-state index is -0.839. The zero-order valence-corrected chi connectivity index (χ0v) is 16.7. The third-order valence-corrected chi connectivity index (χ3v) is 6.23. The predicted molar refractivity (Wildman–Crippen MR) is 110 cm³/mol. The van der Waals surface area contributed by atoms with Gasteiger partial charge in [-0.05, 0) is 50.3 Å². The van der Waals surface area contributed by atoms with E-state index in [-0.39, 0.29) is 5.78 Å². The van der Waals surface area contributed by atoms with E-state index in [1.165, 1.54) is 22.5 Å². The molecule has 1 aromatic heterocycles. The largest absolute Gasteiger partial charge is 0.450 e. The number of ketones is 1. The van der Waals surface area contributed by atoms with Crippen LogP contribution in [0, 0.1) is 6.92 Å². The number of carbonyl (C=O) groups is 2. The van der Waals surface area contributed by atoms with Crippen molar-refractivity contribution in [2.75, 3.05) is 0 Å². The number of aromatic nitrogens is 1. The lowest BCUT2D eigenvalue weighted by molar-refractivity contribution is 0.0322. The van der Waals surface area contributed by atoms with E-state index < -0.39 is 12.1 Å². The summed E-state index contributed by atoms with van der Waals surface area (Å²) in [5, 5.41) is 0.766. The second kappa shape index (κ2) is 7.68. The SMILES string of the molecule is Cc1nc(-c2ccccc2)sc1C(=O)O[C@H](C)C(=O)c1ccc2c(c1)CCC2. The first-order valence-corrected chi connectivity index (χ1v) is 10.2. The average Bonchev–Trinajstić information content (AvgIpc) is 3.33. The highest BCUT2D eigenvalue weighted by Crippen LogP contribution is 2.29. The Morgan fingerprint density at radius 1 is 1.07 bits per heavy atom. The lowest BCUT2D eigenvalue weighted by atomic mass is 10.0. The van der Waals surface area contributed by atoms with Crippen LogP contribution >= 0.6 is 11.3 Å². The summed E-state index contributed by atoms with van der Waals surface area (Å²) in [7, 11) is 0. The van der Waals surface area contributed by atoms with Gasteiger partial charge in [-0.2, -0.15) is 0 Å². The number of fused-ring (bicyclic) bond motifs is 1. The van der Waals surface area contributed by atoms with Crippen molar-refractivity contribution in [1.29, 1.82) is 0 Å². The standard InChI is InChI=1S/C23H21NO3S/c1-14-21(28-22(24-14)17-7-4-3-5-8-17)23(26)27-15(2)20(25)19-12-11-16-9-6-10-18(16)13-19/h3-5,7-8,11-13,15H,6,9-10H2,1-2H3/t15-/m1/s1. The van der Waals surface area contributed by atoms with Crippen LogP contribution in [0.5, 0.6) is 0 Å². The Labute approximate surface area is 168 Å². The Bertz CT molecular complexity index is 1040. The quantitative estimate of drug-likeness (QED) is 0.452. The molecule has 0 N–H and O–H groups in total. The molecular formula is C23H21NO3S. The summed E-state index contributed by atoms with van der Waals surface area (Å²) in [6.45, 7) is 3.41. The van der Waals surface area contributed by atoms with Crippen LogP contribution in [0.4, 0.5) is 0 Å². The van der Waals surface area contributed by atoms with Crippen molar-refractivity contribution >= 4 is 23.1 Å². The van der Waals surface area contributed by atoms with Crippen LogP contribution in [0.1, 0.15) is 50.2 Å². The van der Waals surface area contributed by atoms with E-state index in [0.29, 0.717) is 16.1 Å². The van der Waals surface area contributed by atoms with E-state index in [1.54, 1.807) is 13.8 Å². The molecule has 0 saturated heterocycles. The maximum absolute atomic E-state index is 12.7. The smallest absolute Gasteiger partial charge is 0.350 e. The summed E-state index contributed by atoms with van der Waals surface area (Å²) in [6.07, 6.45) is 2.37. The maximum Gasteiger partial charge on any atom is 0.350 e. The summed E-state index contributed by atoms with van der Waals surface area (Å²) in [6, 6.07) is 15.5. The normalized spacial score (nSPS) is 13.8. The molecule has 1 atom stereocenters. The number of aryl methyl sites for hydroxylation is 3. The van der Waals surface area contributed by atoms with Gasteiger partial charge in [-0.3, -0.25) is 4.79 Å². The Balaban J connectivity index is 1.49. The van der Waals surface area contributed by atoms with Crippen LogP contribution in [0.3, 0.4) is 0 Å². The van der Waals surface area contributed by atoms with Crippen molar-refractivity contribution in [2.24, 2.45) is 0 Å². The van der Waals surface area contributed by atoms with E-state index in [1.807, 2.05) is 48.5 Å². The van der Waals surface area contributed by atoms with Crippen molar-refractivity contribution in [1.82, 2.24) is 4.98 Å². The van der Waals surface area contributed by atoms with Crippen molar-refractivity contribution in [3.63, 3.8) is 0 Å². The molecule has 0 spiro atoms. The molecule has 0 radical (unpaired) electrons. The molecule has 0 bridgehead atoms. The molecule has 3 aromatic rings. The Hall–Kier alpha value is -2.79. The topological polar surface area (TPSA) is 56.3 Å².